The maximum atomic E-state index is 3.57. The molecule has 0 aromatic carbocycles. The summed E-state index contributed by atoms with van der Waals surface area (Å²) < 4.78 is 0. The SMILES string of the molecule is Cc1ccsc1CNCC1CC=CCC1. The molecule has 1 heterocycles. The summed E-state index contributed by atoms with van der Waals surface area (Å²) >= 11 is 1.86. The zero-order valence-electron chi connectivity index (χ0n) is 9.33. The van der Waals surface area contributed by atoms with E-state index in [1.54, 1.807) is 0 Å². The minimum Gasteiger partial charge on any atom is -0.312 e. The van der Waals surface area contributed by atoms with Crippen molar-refractivity contribution in [1.82, 2.24) is 5.32 Å². The Bertz CT molecular complexity index is 327. The molecule has 0 fully saturated rings. The second kappa shape index (κ2) is 5.47. The van der Waals surface area contributed by atoms with Gasteiger partial charge in [0.15, 0.2) is 0 Å². The summed E-state index contributed by atoms with van der Waals surface area (Å²) in [6.07, 6.45) is 8.51. The van der Waals surface area contributed by atoms with Crippen LogP contribution in [0.25, 0.3) is 0 Å². The Kier molecular flexibility index (Phi) is 3.98. The number of aryl methyl sites for hydroxylation is 1. The average molecular weight is 221 g/mol. The smallest absolute Gasteiger partial charge is 0.0302 e. The maximum Gasteiger partial charge on any atom is 0.0302 e. The summed E-state index contributed by atoms with van der Waals surface area (Å²) in [7, 11) is 0. The zero-order valence-corrected chi connectivity index (χ0v) is 10.1. The third-order valence-electron chi connectivity index (χ3n) is 3.06. The maximum absolute atomic E-state index is 3.57. The van der Waals surface area contributed by atoms with Crippen LogP contribution in [0.5, 0.6) is 0 Å². The first-order chi connectivity index (χ1) is 7.36. The van der Waals surface area contributed by atoms with Gasteiger partial charge in [-0.2, -0.15) is 0 Å². The van der Waals surface area contributed by atoms with Crippen molar-refractivity contribution in [3.05, 3.63) is 34.0 Å². The van der Waals surface area contributed by atoms with Crippen molar-refractivity contribution in [1.29, 1.82) is 0 Å². The normalized spacial score (nSPS) is 20.7. The molecule has 15 heavy (non-hydrogen) atoms. The number of hydrogen-bond donors (Lipinski definition) is 1. The van der Waals surface area contributed by atoms with Gasteiger partial charge in [-0.05, 0) is 55.7 Å². The fourth-order valence-corrected chi connectivity index (χ4v) is 2.89. The highest BCUT2D eigenvalue weighted by molar-refractivity contribution is 7.10. The van der Waals surface area contributed by atoms with E-state index in [0.29, 0.717) is 0 Å². The molecular weight excluding hydrogens is 202 g/mol. The van der Waals surface area contributed by atoms with Gasteiger partial charge in [-0.1, -0.05) is 12.2 Å². The molecular formula is C13H19NS. The van der Waals surface area contributed by atoms with E-state index >= 15 is 0 Å². The number of rotatable bonds is 4. The van der Waals surface area contributed by atoms with Gasteiger partial charge in [0, 0.05) is 11.4 Å². The lowest BCUT2D eigenvalue weighted by Gasteiger charge is -2.17. The largest absolute Gasteiger partial charge is 0.312 e. The lowest BCUT2D eigenvalue weighted by Crippen LogP contribution is -2.22. The first kappa shape index (κ1) is 10.9. The van der Waals surface area contributed by atoms with E-state index in [1.165, 1.54) is 36.2 Å². The zero-order chi connectivity index (χ0) is 10.5. The molecule has 0 aliphatic heterocycles. The highest BCUT2D eigenvalue weighted by atomic mass is 32.1. The van der Waals surface area contributed by atoms with Crippen LogP contribution in [0.3, 0.4) is 0 Å². The number of thiophene rings is 1. The molecule has 0 saturated carbocycles. The molecule has 82 valence electrons. The van der Waals surface area contributed by atoms with Crippen LogP contribution in [0.4, 0.5) is 0 Å². The standard InChI is InChI=1S/C13H19NS/c1-11-7-8-15-13(11)10-14-9-12-5-3-2-4-6-12/h2-3,7-8,12,14H,4-6,9-10H2,1H3. The van der Waals surface area contributed by atoms with Crippen molar-refractivity contribution < 1.29 is 0 Å². The molecule has 1 aromatic rings. The quantitative estimate of drug-likeness (QED) is 0.767. The minimum atomic E-state index is 0.857. The van der Waals surface area contributed by atoms with Crippen LogP contribution in [-0.4, -0.2) is 6.54 Å². The molecule has 1 N–H and O–H groups in total. The summed E-state index contributed by atoms with van der Waals surface area (Å²) in [5.74, 6) is 0.857. The Balaban J connectivity index is 1.71. The Labute approximate surface area is 96.2 Å². The first-order valence-electron chi connectivity index (χ1n) is 5.75. The third-order valence-corrected chi connectivity index (χ3v) is 4.09. The second-order valence-electron chi connectivity index (χ2n) is 4.31. The molecule has 1 atom stereocenters. The van der Waals surface area contributed by atoms with Gasteiger partial charge in [0.25, 0.3) is 0 Å². The fourth-order valence-electron chi connectivity index (χ4n) is 2.02. The summed E-state index contributed by atoms with van der Waals surface area (Å²) in [4.78, 5) is 1.49. The minimum absolute atomic E-state index is 0.857. The van der Waals surface area contributed by atoms with Crippen LogP contribution in [0, 0.1) is 12.8 Å². The highest BCUT2D eigenvalue weighted by Crippen LogP contribution is 2.18. The molecule has 0 amide bonds. The lowest BCUT2D eigenvalue weighted by atomic mass is 9.94. The van der Waals surface area contributed by atoms with E-state index in [1.807, 2.05) is 11.3 Å². The van der Waals surface area contributed by atoms with Crippen LogP contribution in [0.1, 0.15) is 29.7 Å². The van der Waals surface area contributed by atoms with Gasteiger partial charge in [-0.3, -0.25) is 0 Å². The Morgan fingerprint density at radius 1 is 1.47 bits per heavy atom. The van der Waals surface area contributed by atoms with E-state index in [2.05, 4.69) is 35.8 Å². The average Bonchev–Trinajstić information content (AvgIpc) is 2.66. The van der Waals surface area contributed by atoms with Crippen molar-refractivity contribution in [2.75, 3.05) is 6.54 Å². The van der Waals surface area contributed by atoms with Crippen LogP contribution in [0.15, 0.2) is 23.6 Å². The number of hydrogen-bond acceptors (Lipinski definition) is 2. The molecule has 0 spiro atoms. The molecule has 1 aromatic heterocycles. The van der Waals surface area contributed by atoms with Gasteiger partial charge in [0.2, 0.25) is 0 Å². The monoisotopic (exact) mass is 221 g/mol. The first-order valence-corrected chi connectivity index (χ1v) is 6.63. The molecule has 0 radical (unpaired) electrons. The molecule has 0 saturated heterocycles. The molecule has 1 unspecified atom stereocenters. The lowest BCUT2D eigenvalue weighted by molar-refractivity contribution is 0.441. The third kappa shape index (κ3) is 3.18. The summed E-state index contributed by atoms with van der Waals surface area (Å²) in [5.41, 5.74) is 1.43. The van der Waals surface area contributed by atoms with Gasteiger partial charge in [0.1, 0.15) is 0 Å². The molecule has 1 nitrogen and oxygen atoms in total. The van der Waals surface area contributed by atoms with Crippen LogP contribution >= 0.6 is 11.3 Å². The van der Waals surface area contributed by atoms with Gasteiger partial charge in [0.05, 0.1) is 0 Å². The summed E-state index contributed by atoms with van der Waals surface area (Å²) in [5, 5.41) is 5.75. The summed E-state index contributed by atoms with van der Waals surface area (Å²) in [6, 6.07) is 2.20. The highest BCUT2D eigenvalue weighted by Gasteiger charge is 2.09. The van der Waals surface area contributed by atoms with E-state index in [-0.39, 0.29) is 0 Å². The Hall–Kier alpha value is -0.600. The van der Waals surface area contributed by atoms with E-state index in [9.17, 15) is 0 Å². The predicted octanol–water partition coefficient (Wildman–Crippen LogP) is 3.50. The van der Waals surface area contributed by atoms with Crippen molar-refractivity contribution >= 4 is 11.3 Å². The predicted molar refractivity (Wildman–Crippen MR) is 67.2 cm³/mol. The molecule has 2 heteroatoms. The van der Waals surface area contributed by atoms with E-state index < -0.39 is 0 Å². The molecule has 0 bridgehead atoms. The topological polar surface area (TPSA) is 12.0 Å². The molecule has 1 aliphatic carbocycles. The van der Waals surface area contributed by atoms with Gasteiger partial charge in [-0.25, -0.2) is 0 Å². The van der Waals surface area contributed by atoms with Crippen LogP contribution < -0.4 is 5.32 Å². The molecule has 1 aliphatic rings. The van der Waals surface area contributed by atoms with Gasteiger partial charge in [-0.15, -0.1) is 11.3 Å². The Morgan fingerprint density at radius 2 is 2.40 bits per heavy atom. The number of nitrogens with one attached hydrogen (secondary N) is 1. The number of allylic oxidation sites excluding steroid dienone is 2. The van der Waals surface area contributed by atoms with Gasteiger partial charge < -0.3 is 5.32 Å². The van der Waals surface area contributed by atoms with E-state index in [4.69, 9.17) is 0 Å². The van der Waals surface area contributed by atoms with Crippen molar-refractivity contribution in [2.24, 2.45) is 5.92 Å². The van der Waals surface area contributed by atoms with Crippen LogP contribution in [0.2, 0.25) is 0 Å². The molecule has 2 rings (SSSR count). The fraction of sp³-hybridized carbons (Fsp3) is 0.538. The summed E-state index contributed by atoms with van der Waals surface area (Å²) in [6.45, 7) is 4.41. The van der Waals surface area contributed by atoms with Gasteiger partial charge >= 0.3 is 0 Å². The Morgan fingerprint density at radius 3 is 3.07 bits per heavy atom. The van der Waals surface area contributed by atoms with Crippen molar-refractivity contribution in [3.63, 3.8) is 0 Å². The van der Waals surface area contributed by atoms with Crippen molar-refractivity contribution in [3.8, 4) is 0 Å². The van der Waals surface area contributed by atoms with Crippen LogP contribution in [-0.2, 0) is 6.54 Å². The van der Waals surface area contributed by atoms with E-state index in [0.717, 1.165) is 12.5 Å². The second-order valence-corrected chi connectivity index (χ2v) is 5.31. The van der Waals surface area contributed by atoms with Crippen molar-refractivity contribution in [2.45, 2.75) is 32.7 Å².